The number of nitrogens with one attached hydrogen (secondary N) is 1. The van der Waals surface area contributed by atoms with Crippen LogP contribution in [0.4, 0.5) is 4.79 Å². The van der Waals surface area contributed by atoms with Crippen LogP contribution in [0.2, 0.25) is 0 Å². The fourth-order valence-electron chi connectivity index (χ4n) is 1.66. The van der Waals surface area contributed by atoms with Crippen LogP contribution >= 0.6 is 0 Å². The van der Waals surface area contributed by atoms with Crippen LogP contribution in [-0.2, 0) is 4.74 Å². The van der Waals surface area contributed by atoms with E-state index in [1.54, 1.807) is 25.1 Å². The maximum Gasteiger partial charge on any atom is 0.407 e. The fourth-order valence-corrected chi connectivity index (χ4v) is 1.66. The maximum atomic E-state index is 11.1. The van der Waals surface area contributed by atoms with E-state index in [4.69, 9.17) is 9.47 Å². The highest BCUT2D eigenvalue weighted by Gasteiger charge is 2.22. The van der Waals surface area contributed by atoms with E-state index in [2.05, 4.69) is 10.1 Å². The third-order valence-corrected chi connectivity index (χ3v) is 2.76. The molecule has 0 saturated heterocycles. The van der Waals surface area contributed by atoms with Crippen LogP contribution in [0.3, 0.4) is 0 Å². The van der Waals surface area contributed by atoms with Gasteiger partial charge in [0.15, 0.2) is 0 Å². The first kappa shape index (κ1) is 15.1. The van der Waals surface area contributed by atoms with Gasteiger partial charge >= 0.3 is 6.09 Å². The van der Waals surface area contributed by atoms with Crippen LogP contribution in [0.15, 0.2) is 18.2 Å². The summed E-state index contributed by atoms with van der Waals surface area (Å²) in [4.78, 5) is 11.1. The van der Waals surface area contributed by atoms with Gasteiger partial charge in [0, 0.05) is 5.56 Å². The normalized spacial score (nSPS) is 13.3. The van der Waals surface area contributed by atoms with Crippen molar-refractivity contribution >= 4 is 6.09 Å². The predicted molar refractivity (Wildman–Crippen MR) is 69.5 cm³/mol. The molecule has 0 aromatic heterocycles. The Balaban J connectivity index is 2.96. The van der Waals surface area contributed by atoms with E-state index in [1.807, 2.05) is 0 Å². The molecule has 6 nitrogen and oxygen atoms in total. The van der Waals surface area contributed by atoms with Gasteiger partial charge in [-0.3, -0.25) is 0 Å². The number of ether oxygens (including phenoxy) is 3. The molecule has 0 spiro atoms. The molecule has 0 saturated carbocycles. The van der Waals surface area contributed by atoms with Crippen molar-refractivity contribution in [2.75, 3.05) is 21.3 Å². The molecule has 1 rings (SSSR count). The van der Waals surface area contributed by atoms with E-state index in [0.717, 1.165) is 0 Å². The third-order valence-electron chi connectivity index (χ3n) is 2.76. The second kappa shape index (κ2) is 6.84. The summed E-state index contributed by atoms with van der Waals surface area (Å²) in [6.07, 6.45) is -1.54. The number of rotatable bonds is 5. The van der Waals surface area contributed by atoms with Gasteiger partial charge in [-0.15, -0.1) is 0 Å². The Bertz CT molecular complexity index is 435. The number of aliphatic hydroxyl groups excluding tert-OH is 1. The lowest BCUT2D eigenvalue weighted by Crippen LogP contribution is -2.37. The lowest BCUT2D eigenvalue weighted by Gasteiger charge is -2.22. The second-order valence-electron chi connectivity index (χ2n) is 3.98. The molecule has 0 radical (unpaired) electrons. The standard InChI is InChI=1S/C13H19NO5/c1-8(14-13(16)19-4)12(15)10-7-9(17-2)5-6-11(10)18-3/h5-8,12,15H,1-4H3,(H,14,16). The summed E-state index contributed by atoms with van der Waals surface area (Å²) in [5, 5.41) is 12.8. The van der Waals surface area contributed by atoms with Crippen molar-refractivity contribution in [2.24, 2.45) is 0 Å². The molecule has 0 aliphatic heterocycles. The molecule has 0 fully saturated rings. The van der Waals surface area contributed by atoms with Crippen LogP contribution in [0.5, 0.6) is 11.5 Å². The monoisotopic (exact) mass is 269 g/mol. The zero-order chi connectivity index (χ0) is 14.4. The Morgan fingerprint density at radius 2 is 1.95 bits per heavy atom. The predicted octanol–water partition coefficient (Wildman–Crippen LogP) is 1.48. The molecular formula is C13H19NO5. The van der Waals surface area contributed by atoms with E-state index in [-0.39, 0.29) is 0 Å². The van der Waals surface area contributed by atoms with Gasteiger partial charge in [0.25, 0.3) is 0 Å². The molecule has 0 bridgehead atoms. The number of hydrogen-bond donors (Lipinski definition) is 2. The van der Waals surface area contributed by atoms with E-state index < -0.39 is 18.2 Å². The molecule has 0 heterocycles. The highest BCUT2D eigenvalue weighted by Crippen LogP contribution is 2.30. The number of carbonyl (C=O) groups excluding carboxylic acids is 1. The number of methoxy groups -OCH3 is 3. The average Bonchev–Trinajstić information content (AvgIpc) is 2.45. The summed E-state index contributed by atoms with van der Waals surface area (Å²) >= 11 is 0. The van der Waals surface area contributed by atoms with E-state index >= 15 is 0 Å². The Morgan fingerprint density at radius 1 is 1.26 bits per heavy atom. The lowest BCUT2D eigenvalue weighted by molar-refractivity contribution is 0.118. The minimum atomic E-state index is -0.941. The van der Waals surface area contributed by atoms with Gasteiger partial charge in [-0.25, -0.2) is 4.79 Å². The lowest BCUT2D eigenvalue weighted by atomic mass is 10.0. The molecule has 1 aromatic carbocycles. The quantitative estimate of drug-likeness (QED) is 0.846. The van der Waals surface area contributed by atoms with Crippen molar-refractivity contribution in [3.8, 4) is 11.5 Å². The van der Waals surface area contributed by atoms with E-state index in [1.165, 1.54) is 21.3 Å². The number of carbonyl (C=O) groups is 1. The van der Waals surface area contributed by atoms with Gasteiger partial charge in [0.1, 0.15) is 17.6 Å². The molecule has 0 aliphatic carbocycles. The summed E-state index contributed by atoms with van der Waals surface area (Å²) < 4.78 is 14.8. The van der Waals surface area contributed by atoms with Crippen LogP contribution in [0, 0.1) is 0 Å². The summed E-state index contributed by atoms with van der Waals surface area (Å²) in [7, 11) is 4.31. The van der Waals surface area contributed by atoms with Crippen molar-refractivity contribution in [1.82, 2.24) is 5.32 Å². The van der Waals surface area contributed by atoms with Crippen LogP contribution in [0.25, 0.3) is 0 Å². The van der Waals surface area contributed by atoms with Gasteiger partial charge in [-0.1, -0.05) is 0 Å². The van der Waals surface area contributed by atoms with Gasteiger partial charge < -0.3 is 24.6 Å². The highest BCUT2D eigenvalue weighted by atomic mass is 16.5. The van der Waals surface area contributed by atoms with Crippen molar-refractivity contribution in [3.05, 3.63) is 23.8 Å². The number of alkyl carbamates (subject to hydrolysis) is 1. The number of hydrogen-bond acceptors (Lipinski definition) is 5. The zero-order valence-electron chi connectivity index (χ0n) is 11.5. The molecule has 2 unspecified atom stereocenters. The average molecular weight is 269 g/mol. The summed E-state index contributed by atoms with van der Waals surface area (Å²) in [5.74, 6) is 1.12. The topological polar surface area (TPSA) is 77.0 Å². The SMILES string of the molecule is COC(=O)NC(C)C(O)c1cc(OC)ccc1OC. The molecule has 2 atom stereocenters. The highest BCUT2D eigenvalue weighted by molar-refractivity contribution is 5.67. The van der Waals surface area contributed by atoms with Crippen molar-refractivity contribution in [1.29, 1.82) is 0 Å². The second-order valence-corrected chi connectivity index (χ2v) is 3.98. The number of benzene rings is 1. The zero-order valence-corrected chi connectivity index (χ0v) is 11.5. The van der Waals surface area contributed by atoms with Gasteiger partial charge in [0.05, 0.1) is 27.4 Å². The fraction of sp³-hybridized carbons (Fsp3) is 0.462. The van der Waals surface area contributed by atoms with E-state index in [0.29, 0.717) is 17.1 Å². The molecule has 6 heteroatoms. The third kappa shape index (κ3) is 3.75. The molecule has 1 amide bonds. The number of amides is 1. The minimum absolute atomic E-state index is 0.520. The van der Waals surface area contributed by atoms with E-state index in [9.17, 15) is 9.90 Å². The molecule has 2 N–H and O–H groups in total. The molecule has 19 heavy (non-hydrogen) atoms. The van der Waals surface area contributed by atoms with Crippen molar-refractivity contribution in [3.63, 3.8) is 0 Å². The molecule has 1 aromatic rings. The minimum Gasteiger partial charge on any atom is -0.497 e. The Labute approximate surface area is 112 Å². The summed E-state index contributed by atoms with van der Waals surface area (Å²) in [5.41, 5.74) is 0.533. The first-order valence-corrected chi connectivity index (χ1v) is 5.78. The van der Waals surface area contributed by atoms with Crippen LogP contribution in [-0.4, -0.2) is 38.6 Å². The van der Waals surface area contributed by atoms with Crippen LogP contribution < -0.4 is 14.8 Å². The molecule has 0 aliphatic rings. The van der Waals surface area contributed by atoms with Gasteiger partial charge in [0.2, 0.25) is 0 Å². The summed E-state index contributed by atoms with van der Waals surface area (Å²) in [6, 6.07) is 4.56. The Morgan fingerprint density at radius 3 is 2.47 bits per heavy atom. The largest absolute Gasteiger partial charge is 0.497 e. The van der Waals surface area contributed by atoms with Gasteiger partial charge in [-0.05, 0) is 25.1 Å². The van der Waals surface area contributed by atoms with Gasteiger partial charge in [-0.2, -0.15) is 0 Å². The smallest absolute Gasteiger partial charge is 0.407 e. The van der Waals surface area contributed by atoms with Crippen LogP contribution in [0.1, 0.15) is 18.6 Å². The summed E-state index contributed by atoms with van der Waals surface area (Å²) in [6.45, 7) is 1.67. The molecule has 106 valence electrons. The first-order valence-electron chi connectivity index (χ1n) is 5.78. The maximum absolute atomic E-state index is 11.1. The Hall–Kier alpha value is -1.95. The molecular weight excluding hydrogens is 250 g/mol. The van der Waals surface area contributed by atoms with Crippen molar-refractivity contribution < 1.29 is 24.1 Å². The van der Waals surface area contributed by atoms with Crippen molar-refractivity contribution in [2.45, 2.75) is 19.1 Å². The first-order chi connectivity index (χ1) is 9.03. The Kier molecular flexibility index (Phi) is 5.44. The number of aliphatic hydroxyl groups is 1.